The molecule has 2 aromatic heterocycles. The van der Waals surface area contributed by atoms with Gasteiger partial charge in [-0.25, -0.2) is 14.1 Å². The van der Waals surface area contributed by atoms with Crippen LogP contribution >= 0.6 is 0 Å². The van der Waals surface area contributed by atoms with Gasteiger partial charge >= 0.3 is 0 Å². The Morgan fingerprint density at radius 1 is 1.17 bits per heavy atom. The molecule has 4 aromatic rings. The molecule has 29 heavy (non-hydrogen) atoms. The summed E-state index contributed by atoms with van der Waals surface area (Å²) in [7, 11) is 1.54. The number of hydrogen-bond acceptors (Lipinski definition) is 4. The Bertz CT molecular complexity index is 1190. The largest absolute Gasteiger partial charge is 0.399 e. The molecule has 0 atom stereocenters. The molecule has 0 fully saturated rings. The molecular weight excluding hydrogens is 369 g/mol. The van der Waals surface area contributed by atoms with Crippen molar-refractivity contribution in [2.75, 3.05) is 7.11 Å². The molecule has 0 radical (unpaired) electrons. The van der Waals surface area contributed by atoms with Crippen LogP contribution < -0.4 is 0 Å². The fraction of sp³-hybridized carbons (Fsp3) is 0.227. The van der Waals surface area contributed by atoms with Gasteiger partial charge in [-0.1, -0.05) is 17.3 Å². The molecule has 0 bridgehead atoms. The van der Waals surface area contributed by atoms with Gasteiger partial charge in [0.05, 0.1) is 28.1 Å². The minimum absolute atomic E-state index is 0.287. The highest BCUT2D eigenvalue weighted by atomic mass is 19.1. The van der Waals surface area contributed by atoms with Crippen LogP contribution in [0.2, 0.25) is 0 Å². The van der Waals surface area contributed by atoms with Crippen molar-refractivity contribution in [3.05, 3.63) is 77.6 Å². The van der Waals surface area contributed by atoms with Gasteiger partial charge in [0, 0.05) is 24.7 Å². The molecule has 0 aliphatic carbocycles. The SMILES string of the molecule is CCn1c(Cc2ccnn2-c2cccc(F)c2)nc2cc(C(C)=NOC)ccc21. The van der Waals surface area contributed by atoms with Crippen LogP contribution in [0, 0.1) is 5.82 Å². The first-order chi connectivity index (χ1) is 14.1. The highest BCUT2D eigenvalue weighted by Crippen LogP contribution is 2.22. The number of aromatic nitrogens is 4. The van der Waals surface area contributed by atoms with Gasteiger partial charge in [-0.15, -0.1) is 0 Å². The zero-order valence-corrected chi connectivity index (χ0v) is 16.6. The molecule has 0 amide bonds. The second-order valence-electron chi connectivity index (χ2n) is 6.73. The van der Waals surface area contributed by atoms with E-state index in [2.05, 4.69) is 27.8 Å². The van der Waals surface area contributed by atoms with Crippen molar-refractivity contribution < 1.29 is 9.23 Å². The highest BCUT2D eigenvalue weighted by molar-refractivity contribution is 6.00. The lowest BCUT2D eigenvalue weighted by Crippen LogP contribution is -2.07. The van der Waals surface area contributed by atoms with Crippen LogP contribution in [0.25, 0.3) is 16.7 Å². The number of aryl methyl sites for hydroxylation is 1. The quantitative estimate of drug-likeness (QED) is 0.363. The van der Waals surface area contributed by atoms with E-state index in [9.17, 15) is 4.39 Å². The number of fused-ring (bicyclic) bond motifs is 1. The molecule has 0 saturated carbocycles. The minimum Gasteiger partial charge on any atom is -0.399 e. The maximum Gasteiger partial charge on any atom is 0.125 e. The fourth-order valence-electron chi connectivity index (χ4n) is 3.55. The van der Waals surface area contributed by atoms with Crippen LogP contribution in [-0.2, 0) is 17.8 Å². The molecule has 4 rings (SSSR count). The Balaban J connectivity index is 1.74. The highest BCUT2D eigenvalue weighted by Gasteiger charge is 2.14. The first-order valence-electron chi connectivity index (χ1n) is 9.47. The number of benzene rings is 2. The summed E-state index contributed by atoms with van der Waals surface area (Å²) in [6, 6.07) is 14.5. The average molecular weight is 391 g/mol. The monoisotopic (exact) mass is 391 g/mol. The Morgan fingerprint density at radius 2 is 2.03 bits per heavy atom. The van der Waals surface area contributed by atoms with E-state index in [1.165, 1.54) is 19.2 Å². The van der Waals surface area contributed by atoms with Gasteiger partial charge in [0.2, 0.25) is 0 Å². The second kappa shape index (κ2) is 7.87. The number of hydrogen-bond donors (Lipinski definition) is 0. The predicted molar refractivity (Wildman–Crippen MR) is 111 cm³/mol. The van der Waals surface area contributed by atoms with Crippen LogP contribution in [0.4, 0.5) is 4.39 Å². The Hall–Kier alpha value is -3.48. The van der Waals surface area contributed by atoms with Crippen molar-refractivity contribution >= 4 is 16.7 Å². The topological polar surface area (TPSA) is 57.2 Å². The first-order valence-corrected chi connectivity index (χ1v) is 9.47. The van der Waals surface area contributed by atoms with Gasteiger partial charge in [0.1, 0.15) is 18.8 Å². The molecule has 0 unspecified atom stereocenters. The fourth-order valence-corrected chi connectivity index (χ4v) is 3.55. The second-order valence-corrected chi connectivity index (χ2v) is 6.73. The Labute approximate surface area is 168 Å². The smallest absolute Gasteiger partial charge is 0.125 e. The minimum atomic E-state index is -0.287. The van der Waals surface area contributed by atoms with Gasteiger partial charge in [-0.2, -0.15) is 5.10 Å². The van der Waals surface area contributed by atoms with E-state index < -0.39 is 0 Å². The molecular formula is C22H22FN5O. The normalized spacial score (nSPS) is 11.9. The van der Waals surface area contributed by atoms with E-state index in [4.69, 9.17) is 9.82 Å². The summed E-state index contributed by atoms with van der Waals surface area (Å²) < 4.78 is 17.6. The van der Waals surface area contributed by atoms with Crippen molar-refractivity contribution in [1.29, 1.82) is 0 Å². The van der Waals surface area contributed by atoms with Crippen LogP contribution in [0.1, 0.15) is 30.9 Å². The maximum atomic E-state index is 13.7. The molecule has 0 saturated heterocycles. The zero-order valence-electron chi connectivity index (χ0n) is 16.6. The molecule has 0 N–H and O–H groups in total. The van der Waals surface area contributed by atoms with Gasteiger partial charge in [-0.3, -0.25) is 0 Å². The Kier molecular flexibility index (Phi) is 5.12. The number of imidazole rings is 1. The van der Waals surface area contributed by atoms with Crippen molar-refractivity contribution in [3.8, 4) is 5.69 Å². The summed E-state index contributed by atoms with van der Waals surface area (Å²) >= 11 is 0. The molecule has 0 spiro atoms. The summed E-state index contributed by atoms with van der Waals surface area (Å²) in [5.41, 5.74) is 5.37. The summed E-state index contributed by atoms with van der Waals surface area (Å²) in [6.45, 7) is 4.80. The summed E-state index contributed by atoms with van der Waals surface area (Å²) in [5, 5.41) is 8.38. The number of nitrogens with zero attached hydrogens (tertiary/aromatic N) is 5. The zero-order chi connectivity index (χ0) is 20.4. The molecule has 6 nitrogen and oxygen atoms in total. The van der Waals surface area contributed by atoms with Crippen molar-refractivity contribution in [3.63, 3.8) is 0 Å². The predicted octanol–water partition coefficient (Wildman–Crippen LogP) is 4.34. The van der Waals surface area contributed by atoms with Crippen molar-refractivity contribution in [1.82, 2.24) is 19.3 Å². The maximum absolute atomic E-state index is 13.7. The van der Waals surface area contributed by atoms with E-state index in [-0.39, 0.29) is 5.82 Å². The standard InChI is InChI=1S/C22H22FN5O/c1-4-27-21-9-8-16(15(2)26-29-3)12-20(21)25-22(27)14-19-10-11-24-28(19)18-7-5-6-17(23)13-18/h5-13H,4,14H2,1-3H3. The lowest BCUT2D eigenvalue weighted by molar-refractivity contribution is 0.213. The van der Waals surface area contributed by atoms with E-state index in [0.29, 0.717) is 12.1 Å². The summed E-state index contributed by atoms with van der Waals surface area (Å²) in [6.07, 6.45) is 2.31. The third-order valence-corrected chi connectivity index (χ3v) is 4.90. The van der Waals surface area contributed by atoms with Crippen LogP contribution in [0.3, 0.4) is 0 Å². The third-order valence-electron chi connectivity index (χ3n) is 4.90. The van der Waals surface area contributed by atoms with Crippen LogP contribution in [0.15, 0.2) is 59.9 Å². The van der Waals surface area contributed by atoms with Gasteiger partial charge in [0.25, 0.3) is 0 Å². The lowest BCUT2D eigenvalue weighted by atomic mass is 10.1. The van der Waals surface area contributed by atoms with E-state index in [1.807, 2.05) is 31.2 Å². The van der Waals surface area contributed by atoms with Crippen LogP contribution in [-0.4, -0.2) is 32.2 Å². The molecule has 0 aliphatic rings. The lowest BCUT2D eigenvalue weighted by Gasteiger charge is -2.09. The summed E-state index contributed by atoms with van der Waals surface area (Å²) in [4.78, 5) is 9.75. The first kappa shape index (κ1) is 18.9. The van der Waals surface area contributed by atoms with Gasteiger partial charge < -0.3 is 9.40 Å². The summed E-state index contributed by atoms with van der Waals surface area (Å²) in [5.74, 6) is 0.643. The number of halogens is 1. The molecule has 7 heteroatoms. The van der Waals surface area contributed by atoms with E-state index >= 15 is 0 Å². The molecule has 148 valence electrons. The van der Waals surface area contributed by atoms with Crippen molar-refractivity contribution in [2.24, 2.45) is 5.16 Å². The third kappa shape index (κ3) is 3.63. The molecule has 2 aromatic carbocycles. The molecule has 2 heterocycles. The van der Waals surface area contributed by atoms with E-state index in [0.717, 1.165) is 40.4 Å². The van der Waals surface area contributed by atoms with E-state index in [1.54, 1.807) is 16.9 Å². The van der Waals surface area contributed by atoms with Gasteiger partial charge in [0.15, 0.2) is 0 Å². The average Bonchev–Trinajstić information content (AvgIpc) is 3.31. The van der Waals surface area contributed by atoms with Crippen molar-refractivity contribution in [2.45, 2.75) is 26.8 Å². The van der Waals surface area contributed by atoms with Crippen LogP contribution in [0.5, 0.6) is 0 Å². The number of rotatable bonds is 6. The Morgan fingerprint density at radius 3 is 2.79 bits per heavy atom. The van der Waals surface area contributed by atoms with Gasteiger partial charge in [-0.05, 0) is 50.2 Å². The number of oxime groups is 1. The molecule has 0 aliphatic heterocycles.